The fourth-order valence-corrected chi connectivity index (χ4v) is 3.68. The second-order valence-corrected chi connectivity index (χ2v) is 7.84. The van der Waals surface area contributed by atoms with E-state index in [4.69, 9.17) is 4.74 Å². The zero-order valence-electron chi connectivity index (χ0n) is 18.4. The summed E-state index contributed by atoms with van der Waals surface area (Å²) in [5.74, 6) is -0.184. The summed E-state index contributed by atoms with van der Waals surface area (Å²) in [6.07, 6.45) is 0. The van der Waals surface area contributed by atoms with Crippen molar-refractivity contribution in [2.75, 3.05) is 48.3 Å². The summed E-state index contributed by atoms with van der Waals surface area (Å²) >= 11 is 0. The van der Waals surface area contributed by atoms with Crippen molar-refractivity contribution in [2.45, 2.75) is 6.61 Å². The minimum atomic E-state index is -0.184. The van der Waals surface area contributed by atoms with Crippen LogP contribution >= 0.6 is 0 Å². The van der Waals surface area contributed by atoms with Crippen molar-refractivity contribution >= 4 is 29.0 Å². The van der Waals surface area contributed by atoms with Crippen LogP contribution in [0.5, 0.6) is 0 Å². The molecule has 2 N–H and O–H groups in total. The van der Waals surface area contributed by atoms with Gasteiger partial charge in [-0.05, 0) is 42.0 Å². The van der Waals surface area contributed by atoms with Gasteiger partial charge in [-0.25, -0.2) is 4.79 Å². The van der Waals surface area contributed by atoms with E-state index in [1.54, 1.807) is 0 Å². The third kappa shape index (κ3) is 6.57. The molecule has 0 atom stereocenters. The number of urea groups is 1. The third-order valence-electron chi connectivity index (χ3n) is 5.45. The van der Waals surface area contributed by atoms with E-state index in [1.165, 1.54) is 0 Å². The number of hydrogen-bond acceptors (Lipinski definition) is 4. The molecule has 0 unspecified atom stereocenters. The molecule has 0 aromatic heterocycles. The number of carbonyl (C=O) groups is 2. The maximum atomic E-state index is 12.5. The summed E-state index contributed by atoms with van der Waals surface area (Å²) in [5.41, 5.74) is 3.63. The molecule has 1 heterocycles. The number of piperazine rings is 1. The average molecular weight is 445 g/mol. The first-order valence-electron chi connectivity index (χ1n) is 11.0. The molecule has 3 amide bonds. The predicted octanol–water partition coefficient (Wildman–Crippen LogP) is 4.20. The molecule has 4 rings (SSSR count). The molecular weight excluding hydrogens is 416 g/mol. The topological polar surface area (TPSA) is 73.9 Å². The molecule has 0 aliphatic carbocycles. The number of nitrogens with one attached hydrogen (secondary N) is 2. The van der Waals surface area contributed by atoms with E-state index in [9.17, 15) is 9.59 Å². The number of carbonyl (C=O) groups excluding carboxylic acids is 2. The van der Waals surface area contributed by atoms with E-state index in [0.717, 1.165) is 35.7 Å². The normalized spacial score (nSPS) is 13.5. The van der Waals surface area contributed by atoms with Crippen LogP contribution in [0.3, 0.4) is 0 Å². The van der Waals surface area contributed by atoms with E-state index >= 15 is 0 Å². The van der Waals surface area contributed by atoms with Gasteiger partial charge in [-0.1, -0.05) is 48.5 Å². The van der Waals surface area contributed by atoms with Gasteiger partial charge in [-0.3, -0.25) is 4.79 Å². The molecule has 1 aliphatic heterocycles. The molecule has 1 saturated heterocycles. The Balaban J connectivity index is 1.20. The van der Waals surface area contributed by atoms with Crippen molar-refractivity contribution < 1.29 is 14.3 Å². The van der Waals surface area contributed by atoms with Crippen molar-refractivity contribution in [3.05, 3.63) is 90.5 Å². The Morgan fingerprint density at radius 1 is 0.727 bits per heavy atom. The lowest BCUT2D eigenvalue weighted by atomic mass is 10.2. The molecule has 0 spiro atoms. The van der Waals surface area contributed by atoms with Crippen LogP contribution in [0.15, 0.2) is 84.9 Å². The number of anilines is 3. The van der Waals surface area contributed by atoms with Crippen LogP contribution in [0.4, 0.5) is 21.9 Å². The molecule has 0 bridgehead atoms. The Hall–Kier alpha value is -3.84. The lowest BCUT2D eigenvalue weighted by Gasteiger charge is -2.36. The van der Waals surface area contributed by atoms with Gasteiger partial charge in [0, 0.05) is 43.2 Å². The van der Waals surface area contributed by atoms with Crippen LogP contribution in [-0.4, -0.2) is 49.6 Å². The first-order valence-corrected chi connectivity index (χ1v) is 11.0. The second-order valence-electron chi connectivity index (χ2n) is 7.84. The molecule has 170 valence electrons. The lowest BCUT2D eigenvalue weighted by Crippen LogP contribution is -2.50. The van der Waals surface area contributed by atoms with Crippen molar-refractivity contribution in [2.24, 2.45) is 0 Å². The van der Waals surface area contributed by atoms with Crippen LogP contribution in [-0.2, 0) is 16.1 Å². The van der Waals surface area contributed by atoms with Gasteiger partial charge < -0.3 is 25.2 Å². The predicted molar refractivity (Wildman–Crippen MR) is 130 cm³/mol. The summed E-state index contributed by atoms with van der Waals surface area (Å²) in [6, 6.07) is 26.9. The number of hydrogen-bond donors (Lipinski definition) is 2. The minimum absolute atomic E-state index is 0.00362. The largest absolute Gasteiger partial charge is 0.368 e. The standard InChI is InChI=1S/C26H28N4O3/c31-25(20-33-19-21-7-3-1-4-8-21)27-23-11-13-24(14-12-23)29-15-17-30(18-16-29)26(32)28-22-9-5-2-6-10-22/h1-14H,15-20H2,(H,27,31)(H,28,32). The smallest absolute Gasteiger partial charge is 0.321 e. The van der Waals surface area contributed by atoms with Crippen LogP contribution in [0, 0.1) is 0 Å². The van der Waals surface area contributed by atoms with E-state index in [-0.39, 0.29) is 18.5 Å². The van der Waals surface area contributed by atoms with E-state index in [0.29, 0.717) is 19.7 Å². The van der Waals surface area contributed by atoms with Gasteiger partial charge in [0.1, 0.15) is 6.61 Å². The summed E-state index contributed by atoms with van der Waals surface area (Å²) in [6.45, 7) is 3.21. The highest BCUT2D eigenvalue weighted by atomic mass is 16.5. The van der Waals surface area contributed by atoms with Crippen molar-refractivity contribution in [3.8, 4) is 0 Å². The summed E-state index contributed by atoms with van der Waals surface area (Å²) in [5, 5.41) is 5.79. The van der Waals surface area contributed by atoms with E-state index < -0.39 is 0 Å². The van der Waals surface area contributed by atoms with Crippen LogP contribution in [0.2, 0.25) is 0 Å². The first-order chi connectivity index (χ1) is 16.2. The van der Waals surface area contributed by atoms with Crippen LogP contribution < -0.4 is 15.5 Å². The fourth-order valence-electron chi connectivity index (χ4n) is 3.68. The zero-order chi connectivity index (χ0) is 22.9. The van der Waals surface area contributed by atoms with E-state index in [2.05, 4.69) is 15.5 Å². The number of nitrogens with zero attached hydrogens (tertiary/aromatic N) is 2. The second kappa shape index (κ2) is 11.2. The van der Waals surface area contributed by atoms with E-state index in [1.807, 2.05) is 89.8 Å². The Bertz CT molecular complexity index is 1030. The molecule has 7 heteroatoms. The molecule has 3 aromatic rings. The third-order valence-corrected chi connectivity index (χ3v) is 5.45. The summed E-state index contributed by atoms with van der Waals surface area (Å²) in [7, 11) is 0. The molecule has 7 nitrogen and oxygen atoms in total. The summed E-state index contributed by atoms with van der Waals surface area (Å²) < 4.78 is 5.48. The van der Waals surface area contributed by atoms with Gasteiger partial charge in [0.2, 0.25) is 5.91 Å². The van der Waals surface area contributed by atoms with Gasteiger partial charge in [-0.2, -0.15) is 0 Å². The SMILES string of the molecule is O=C(COCc1ccccc1)Nc1ccc(N2CCN(C(=O)Nc3ccccc3)CC2)cc1. The maximum Gasteiger partial charge on any atom is 0.321 e. The maximum absolute atomic E-state index is 12.5. The Labute approximate surface area is 194 Å². The highest BCUT2D eigenvalue weighted by Gasteiger charge is 2.21. The Morgan fingerprint density at radius 2 is 1.33 bits per heavy atom. The number of rotatable bonds is 7. The van der Waals surface area contributed by atoms with Crippen molar-refractivity contribution in [1.29, 1.82) is 0 Å². The average Bonchev–Trinajstić information content (AvgIpc) is 2.86. The number of amides is 3. The molecule has 3 aromatic carbocycles. The summed E-state index contributed by atoms with van der Waals surface area (Å²) in [4.78, 5) is 28.7. The highest BCUT2D eigenvalue weighted by Crippen LogP contribution is 2.20. The van der Waals surface area contributed by atoms with Gasteiger partial charge in [0.25, 0.3) is 0 Å². The molecule has 1 fully saturated rings. The number of ether oxygens (including phenoxy) is 1. The molecule has 0 saturated carbocycles. The number of para-hydroxylation sites is 1. The van der Waals surface area contributed by atoms with Crippen LogP contribution in [0.25, 0.3) is 0 Å². The van der Waals surface area contributed by atoms with Gasteiger partial charge >= 0.3 is 6.03 Å². The first kappa shape index (κ1) is 22.4. The molecular formula is C26H28N4O3. The van der Waals surface area contributed by atoms with Crippen LogP contribution in [0.1, 0.15) is 5.56 Å². The molecule has 33 heavy (non-hydrogen) atoms. The Morgan fingerprint density at radius 3 is 2.00 bits per heavy atom. The molecule has 1 aliphatic rings. The van der Waals surface area contributed by atoms with Crippen molar-refractivity contribution in [1.82, 2.24) is 4.90 Å². The Kier molecular flexibility index (Phi) is 7.56. The van der Waals surface area contributed by atoms with Gasteiger partial charge in [0.15, 0.2) is 0 Å². The lowest BCUT2D eigenvalue weighted by molar-refractivity contribution is -0.121. The highest BCUT2D eigenvalue weighted by molar-refractivity contribution is 5.92. The van der Waals surface area contributed by atoms with Crippen molar-refractivity contribution in [3.63, 3.8) is 0 Å². The molecule has 0 radical (unpaired) electrons. The van der Waals surface area contributed by atoms with Gasteiger partial charge in [-0.15, -0.1) is 0 Å². The monoisotopic (exact) mass is 444 g/mol. The number of benzene rings is 3. The quantitative estimate of drug-likeness (QED) is 0.573. The minimum Gasteiger partial charge on any atom is -0.368 e. The fraction of sp³-hybridized carbons (Fsp3) is 0.231. The zero-order valence-corrected chi connectivity index (χ0v) is 18.4. The van der Waals surface area contributed by atoms with Gasteiger partial charge in [0.05, 0.1) is 6.61 Å².